The zero-order valence-electron chi connectivity index (χ0n) is 18.5. The van der Waals surface area contributed by atoms with Gasteiger partial charge in [0.2, 0.25) is 0 Å². The minimum Gasteiger partial charge on any atom is -0.393 e. The number of aliphatic hydroxyl groups excluding tert-OH is 3. The molecule has 0 radical (unpaired) electrons. The van der Waals surface area contributed by atoms with E-state index < -0.39 is 18.3 Å². The van der Waals surface area contributed by atoms with Gasteiger partial charge in [0, 0.05) is 11.8 Å². The smallest absolute Gasteiger partial charge is 0.133 e. The highest BCUT2D eigenvalue weighted by molar-refractivity contribution is 5.79. The maximum Gasteiger partial charge on any atom is 0.133 e. The predicted molar refractivity (Wildman–Crippen MR) is 108 cm³/mol. The lowest BCUT2D eigenvalue weighted by Crippen LogP contribution is -2.69. The van der Waals surface area contributed by atoms with Crippen LogP contribution in [-0.2, 0) is 4.79 Å². The molecule has 1 unspecified atom stereocenters. The molecular formula is C24H40O4. The van der Waals surface area contributed by atoms with Gasteiger partial charge in [-0.25, -0.2) is 0 Å². The van der Waals surface area contributed by atoms with Crippen LogP contribution in [0.15, 0.2) is 0 Å². The first-order valence-electron chi connectivity index (χ1n) is 11.4. The number of hydrogen-bond acceptors (Lipinski definition) is 4. The summed E-state index contributed by atoms with van der Waals surface area (Å²) in [6.07, 6.45) is 3.57. The van der Waals surface area contributed by atoms with Gasteiger partial charge in [-0.05, 0) is 78.9 Å². The van der Waals surface area contributed by atoms with E-state index in [2.05, 4.69) is 34.6 Å². The molecule has 4 heteroatoms. The number of fused-ring (bicyclic) bond motifs is 5. The van der Waals surface area contributed by atoms with E-state index in [4.69, 9.17) is 0 Å². The molecule has 0 spiro atoms. The zero-order valence-corrected chi connectivity index (χ0v) is 18.5. The molecule has 3 N–H and O–H groups in total. The Balaban J connectivity index is 1.82. The second-order valence-corrected chi connectivity index (χ2v) is 12.1. The summed E-state index contributed by atoms with van der Waals surface area (Å²) < 4.78 is 0. The van der Waals surface area contributed by atoms with Crippen molar-refractivity contribution >= 4 is 5.78 Å². The monoisotopic (exact) mass is 392 g/mol. The summed E-state index contributed by atoms with van der Waals surface area (Å²) in [6, 6.07) is 0. The number of hydrogen-bond donors (Lipinski definition) is 3. The lowest BCUT2D eigenvalue weighted by atomic mass is 9.34. The predicted octanol–water partition coefficient (Wildman–Crippen LogP) is 3.56. The fraction of sp³-hybridized carbons (Fsp3) is 0.958. The standard InChI is InChI=1S/C24H40O4/c1-13(25)14-7-10-23(5)19(14)15(26)11-17-22(4)9-8-18(28)21(2,3)20(22)16(27)12-24(17,23)6/h14-20,26-28H,7-12H2,1-6H3/t14?,15-,16+,17-,18+,19+,20+,22-,23-,24-/m1/s1. The molecular weight excluding hydrogens is 352 g/mol. The molecule has 4 rings (SSSR count). The minimum absolute atomic E-state index is 0.000732. The molecule has 0 aromatic carbocycles. The highest BCUT2D eigenvalue weighted by atomic mass is 16.3. The van der Waals surface area contributed by atoms with E-state index in [-0.39, 0.29) is 45.2 Å². The van der Waals surface area contributed by atoms with Gasteiger partial charge in [-0.1, -0.05) is 34.6 Å². The van der Waals surface area contributed by atoms with Crippen LogP contribution in [0.2, 0.25) is 0 Å². The Bertz CT molecular complexity index is 674. The summed E-state index contributed by atoms with van der Waals surface area (Å²) in [5.41, 5.74) is -0.697. The van der Waals surface area contributed by atoms with Crippen molar-refractivity contribution in [3.8, 4) is 0 Å². The van der Waals surface area contributed by atoms with Gasteiger partial charge in [-0.2, -0.15) is 0 Å². The van der Waals surface area contributed by atoms with E-state index in [0.29, 0.717) is 18.8 Å². The third kappa shape index (κ3) is 2.32. The van der Waals surface area contributed by atoms with E-state index >= 15 is 0 Å². The van der Waals surface area contributed by atoms with Crippen molar-refractivity contribution in [1.29, 1.82) is 0 Å². The summed E-state index contributed by atoms with van der Waals surface area (Å²) >= 11 is 0. The van der Waals surface area contributed by atoms with Crippen LogP contribution in [0.1, 0.15) is 80.1 Å². The van der Waals surface area contributed by atoms with Crippen LogP contribution in [-0.4, -0.2) is 39.4 Å². The lowest BCUT2D eigenvalue weighted by molar-refractivity contribution is -0.270. The Morgan fingerprint density at radius 2 is 1.54 bits per heavy atom. The van der Waals surface area contributed by atoms with Gasteiger partial charge in [-0.3, -0.25) is 4.79 Å². The first kappa shape index (κ1) is 20.8. The Labute approximate surface area is 170 Å². The van der Waals surface area contributed by atoms with Gasteiger partial charge >= 0.3 is 0 Å². The molecule has 0 aromatic heterocycles. The molecule has 4 saturated carbocycles. The molecule has 0 saturated heterocycles. The molecule has 28 heavy (non-hydrogen) atoms. The number of ketones is 1. The second-order valence-electron chi connectivity index (χ2n) is 12.1. The number of aliphatic hydroxyl groups is 3. The average molecular weight is 393 g/mol. The summed E-state index contributed by atoms with van der Waals surface area (Å²) in [5, 5.41) is 33.5. The fourth-order valence-corrected chi connectivity index (χ4v) is 9.39. The summed E-state index contributed by atoms with van der Waals surface area (Å²) in [4.78, 5) is 12.3. The quantitative estimate of drug-likeness (QED) is 0.638. The molecule has 10 atom stereocenters. The van der Waals surface area contributed by atoms with Gasteiger partial charge in [0.15, 0.2) is 0 Å². The second kappa shape index (κ2) is 6.04. The summed E-state index contributed by atoms with van der Waals surface area (Å²) in [5.74, 6) is 0.476. The van der Waals surface area contributed by atoms with Crippen LogP contribution in [0.25, 0.3) is 0 Å². The van der Waals surface area contributed by atoms with Crippen molar-refractivity contribution < 1.29 is 20.1 Å². The van der Waals surface area contributed by atoms with Gasteiger partial charge < -0.3 is 15.3 Å². The molecule has 4 aliphatic carbocycles. The SMILES string of the molecule is CC(=O)C1CC[C@]2(C)[C@@H]1[C@H](O)C[C@@H]1[C@@]3(C)CC[C@H](O)C(C)(C)[C@@H]3[C@@H](O)C[C@]12C. The molecule has 4 nitrogen and oxygen atoms in total. The number of carbonyl (C=O) groups excluding carboxylic acids is 1. The van der Waals surface area contributed by atoms with E-state index in [1.54, 1.807) is 6.92 Å². The van der Waals surface area contributed by atoms with Crippen LogP contribution in [0.4, 0.5) is 0 Å². The summed E-state index contributed by atoms with van der Waals surface area (Å²) in [7, 11) is 0. The van der Waals surface area contributed by atoms with E-state index in [0.717, 1.165) is 25.7 Å². The molecule has 160 valence electrons. The highest BCUT2D eigenvalue weighted by Crippen LogP contribution is 2.75. The molecule has 0 bridgehead atoms. The summed E-state index contributed by atoms with van der Waals surface area (Å²) in [6.45, 7) is 12.8. The third-order valence-electron chi connectivity index (χ3n) is 10.8. The van der Waals surface area contributed by atoms with E-state index in [1.807, 2.05) is 0 Å². The van der Waals surface area contributed by atoms with Crippen LogP contribution in [0.5, 0.6) is 0 Å². The van der Waals surface area contributed by atoms with Crippen molar-refractivity contribution in [3.05, 3.63) is 0 Å². The maximum atomic E-state index is 12.3. The molecule has 0 heterocycles. The van der Waals surface area contributed by atoms with Gasteiger partial charge in [0.05, 0.1) is 18.3 Å². The third-order valence-corrected chi connectivity index (χ3v) is 10.8. The zero-order chi connectivity index (χ0) is 20.9. The Morgan fingerprint density at radius 1 is 0.893 bits per heavy atom. The molecule has 4 aliphatic rings. The topological polar surface area (TPSA) is 77.8 Å². The first-order valence-corrected chi connectivity index (χ1v) is 11.4. The van der Waals surface area contributed by atoms with Crippen LogP contribution in [0, 0.1) is 45.3 Å². The van der Waals surface area contributed by atoms with E-state index in [1.165, 1.54) is 0 Å². The van der Waals surface area contributed by atoms with Gasteiger partial charge in [0.1, 0.15) is 5.78 Å². The minimum atomic E-state index is -0.458. The normalized spacial score (nSPS) is 57.8. The Kier molecular flexibility index (Phi) is 4.49. The number of rotatable bonds is 1. The molecule has 0 aromatic rings. The van der Waals surface area contributed by atoms with Crippen LogP contribution >= 0.6 is 0 Å². The number of carbonyl (C=O) groups is 1. The Morgan fingerprint density at radius 3 is 2.14 bits per heavy atom. The van der Waals surface area contributed by atoms with Crippen molar-refractivity contribution in [2.24, 2.45) is 45.3 Å². The fourth-order valence-electron chi connectivity index (χ4n) is 9.39. The van der Waals surface area contributed by atoms with Crippen LogP contribution in [0.3, 0.4) is 0 Å². The molecule has 0 amide bonds. The van der Waals surface area contributed by atoms with E-state index in [9.17, 15) is 20.1 Å². The average Bonchev–Trinajstić information content (AvgIpc) is 2.94. The Hall–Kier alpha value is -0.450. The van der Waals surface area contributed by atoms with Crippen molar-refractivity contribution in [3.63, 3.8) is 0 Å². The molecule has 4 fully saturated rings. The lowest BCUT2D eigenvalue weighted by Gasteiger charge is -2.71. The highest BCUT2D eigenvalue weighted by Gasteiger charge is 2.72. The maximum absolute atomic E-state index is 12.3. The van der Waals surface area contributed by atoms with Crippen molar-refractivity contribution in [2.75, 3.05) is 0 Å². The first-order chi connectivity index (χ1) is 12.8. The van der Waals surface area contributed by atoms with Crippen LogP contribution < -0.4 is 0 Å². The van der Waals surface area contributed by atoms with Gasteiger partial charge in [-0.15, -0.1) is 0 Å². The molecule has 0 aliphatic heterocycles. The van der Waals surface area contributed by atoms with Gasteiger partial charge in [0.25, 0.3) is 0 Å². The van der Waals surface area contributed by atoms with Crippen molar-refractivity contribution in [1.82, 2.24) is 0 Å². The van der Waals surface area contributed by atoms with Crippen molar-refractivity contribution in [2.45, 2.75) is 98.4 Å². The number of Topliss-reactive ketones (excluding diaryl/α,β-unsaturated/α-hetero) is 1. The largest absolute Gasteiger partial charge is 0.393 e.